The van der Waals surface area contributed by atoms with Gasteiger partial charge in [0.1, 0.15) is 17.1 Å². The molecule has 1 aromatic heterocycles. The van der Waals surface area contributed by atoms with Crippen molar-refractivity contribution in [3.05, 3.63) is 105 Å². The summed E-state index contributed by atoms with van der Waals surface area (Å²) in [5, 5.41) is 0.740. The van der Waals surface area contributed by atoms with E-state index < -0.39 is 11.5 Å². The van der Waals surface area contributed by atoms with Crippen LogP contribution in [0.5, 0.6) is 5.75 Å². The van der Waals surface area contributed by atoms with Crippen LogP contribution in [-0.2, 0) is 11.3 Å². The predicted molar refractivity (Wildman–Crippen MR) is 156 cm³/mol. The molecule has 1 aliphatic heterocycles. The van der Waals surface area contributed by atoms with Crippen LogP contribution in [0.4, 0.5) is 10.1 Å². The second-order valence-corrected chi connectivity index (χ2v) is 9.99. The zero-order chi connectivity index (χ0) is 29.1. The lowest BCUT2D eigenvalue weighted by Gasteiger charge is -2.37. The number of benzene rings is 3. The van der Waals surface area contributed by atoms with E-state index in [4.69, 9.17) is 9.47 Å². The quantitative estimate of drug-likeness (QED) is 0.308. The number of rotatable bonds is 7. The third kappa shape index (κ3) is 5.66. The molecule has 0 saturated carbocycles. The van der Waals surface area contributed by atoms with Gasteiger partial charge in [0.2, 0.25) is 0 Å². The molecule has 0 N–H and O–H groups in total. The summed E-state index contributed by atoms with van der Waals surface area (Å²) < 4.78 is 25.7. The van der Waals surface area contributed by atoms with Crippen LogP contribution < -0.4 is 15.2 Å². The van der Waals surface area contributed by atoms with Gasteiger partial charge in [0.25, 0.3) is 11.5 Å². The fourth-order valence-corrected chi connectivity index (χ4v) is 5.25. The normalized spacial score (nSPS) is 13.4. The standard InChI is InChI=1S/C32H32FN3O5/c1-4-41-32(39)28-29(34-15-17-35(18-16-34)30(37)23-8-12-25(40-3)13-9-23)26-19-21(2)5-14-27(26)36(31(28)38)20-22-6-10-24(33)11-7-22/h5-14,19H,4,15-18,20H2,1-3H3. The molecule has 0 bridgehead atoms. The first-order valence-electron chi connectivity index (χ1n) is 13.6. The lowest BCUT2D eigenvalue weighted by Crippen LogP contribution is -2.49. The Labute approximate surface area is 237 Å². The Morgan fingerprint density at radius 2 is 1.61 bits per heavy atom. The summed E-state index contributed by atoms with van der Waals surface area (Å²) in [4.78, 5) is 44.3. The van der Waals surface area contributed by atoms with Gasteiger partial charge in [-0.2, -0.15) is 0 Å². The molecule has 0 radical (unpaired) electrons. The van der Waals surface area contributed by atoms with Gasteiger partial charge in [-0.25, -0.2) is 9.18 Å². The zero-order valence-electron chi connectivity index (χ0n) is 23.4. The molecule has 5 rings (SSSR count). The van der Waals surface area contributed by atoms with Gasteiger partial charge in [-0.15, -0.1) is 0 Å². The highest BCUT2D eigenvalue weighted by molar-refractivity contribution is 6.06. The number of piperazine rings is 1. The lowest BCUT2D eigenvalue weighted by molar-refractivity contribution is 0.0523. The van der Waals surface area contributed by atoms with Crippen molar-refractivity contribution in [2.45, 2.75) is 20.4 Å². The molecule has 1 fully saturated rings. The van der Waals surface area contributed by atoms with Crippen LogP contribution in [0.15, 0.2) is 71.5 Å². The first kappa shape index (κ1) is 27.9. The number of hydrogen-bond acceptors (Lipinski definition) is 6. The molecule has 8 nitrogen and oxygen atoms in total. The van der Waals surface area contributed by atoms with E-state index in [0.717, 1.165) is 16.5 Å². The molecule has 41 heavy (non-hydrogen) atoms. The summed E-state index contributed by atoms with van der Waals surface area (Å²) in [7, 11) is 1.58. The van der Waals surface area contributed by atoms with E-state index >= 15 is 0 Å². The number of nitrogens with zero attached hydrogens (tertiary/aromatic N) is 3. The Kier molecular flexibility index (Phi) is 8.05. The molecule has 0 atom stereocenters. The molecule has 212 valence electrons. The van der Waals surface area contributed by atoms with E-state index in [-0.39, 0.29) is 30.4 Å². The third-order valence-electron chi connectivity index (χ3n) is 7.35. The molecule has 1 aliphatic rings. The Balaban J connectivity index is 1.54. The van der Waals surface area contributed by atoms with Crippen molar-refractivity contribution in [3.8, 4) is 5.75 Å². The second kappa shape index (κ2) is 11.8. The number of hydrogen-bond donors (Lipinski definition) is 0. The number of carbonyl (C=O) groups is 2. The smallest absolute Gasteiger partial charge is 0.345 e. The number of halogens is 1. The van der Waals surface area contributed by atoms with Crippen molar-refractivity contribution >= 4 is 28.5 Å². The minimum Gasteiger partial charge on any atom is -0.497 e. The molecule has 0 unspecified atom stereocenters. The number of methoxy groups -OCH3 is 1. The van der Waals surface area contributed by atoms with Crippen molar-refractivity contribution in [2.24, 2.45) is 0 Å². The lowest BCUT2D eigenvalue weighted by atomic mass is 10.0. The monoisotopic (exact) mass is 557 g/mol. The maximum absolute atomic E-state index is 14.0. The van der Waals surface area contributed by atoms with Gasteiger partial charge in [-0.3, -0.25) is 9.59 Å². The number of fused-ring (bicyclic) bond motifs is 1. The van der Waals surface area contributed by atoms with Crippen LogP contribution in [0.2, 0.25) is 0 Å². The van der Waals surface area contributed by atoms with Gasteiger partial charge >= 0.3 is 5.97 Å². The summed E-state index contributed by atoms with van der Waals surface area (Å²) >= 11 is 0. The van der Waals surface area contributed by atoms with Crippen LogP contribution >= 0.6 is 0 Å². The Morgan fingerprint density at radius 1 is 0.927 bits per heavy atom. The van der Waals surface area contributed by atoms with Crippen molar-refractivity contribution in [2.75, 3.05) is 44.8 Å². The van der Waals surface area contributed by atoms with Crippen molar-refractivity contribution in [3.63, 3.8) is 0 Å². The molecule has 0 spiro atoms. The van der Waals surface area contributed by atoms with Crippen molar-refractivity contribution in [1.29, 1.82) is 0 Å². The minimum atomic E-state index is -0.694. The molecule has 2 heterocycles. The molecular formula is C32H32FN3O5. The Morgan fingerprint density at radius 3 is 2.24 bits per heavy atom. The van der Waals surface area contributed by atoms with Crippen LogP contribution in [0.1, 0.15) is 38.8 Å². The van der Waals surface area contributed by atoms with Gasteiger partial charge in [0.15, 0.2) is 0 Å². The minimum absolute atomic E-state index is 0.0398. The summed E-state index contributed by atoms with van der Waals surface area (Å²) in [6.07, 6.45) is 0. The van der Waals surface area contributed by atoms with Crippen LogP contribution in [0.3, 0.4) is 0 Å². The highest BCUT2D eigenvalue weighted by atomic mass is 19.1. The van der Waals surface area contributed by atoms with E-state index in [1.54, 1.807) is 59.9 Å². The van der Waals surface area contributed by atoms with Gasteiger partial charge in [0, 0.05) is 37.1 Å². The first-order valence-corrected chi connectivity index (χ1v) is 13.6. The molecule has 1 amide bonds. The van der Waals surface area contributed by atoms with E-state index in [1.165, 1.54) is 12.1 Å². The number of esters is 1. The van der Waals surface area contributed by atoms with Crippen LogP contribution in [-0.4, -0.2) is 61.2 Å². The summed E-state index contributed by atoms with van der Waals surface area (Å²) in [5.74, 6) is -0.475. The number of aryl methyl sites for hydroxylation is 1. The van der Waals surface area contributed by atoms with E-state index in [2.05, 4.69) is 0 Å². The molecule has 1 saturated heterocycles. The molecule has 4 aromatic rings. The molecule has 3 aromatic carbocycles. The predicted octanol–water partition coefficient (Wildman–Crippen LogP) is 4.65. The third-order valence-corrected chi connectivity index (χ3v) is 7.35. The number of ether oxygens (including phenoxy) is 2. The SMILES string of the molecule is CCOC(=O)c1c(N2CCN(C(=O)c3ccc(OC)cc3)CC2)c2cc(C)ccc2n(Cc2ccc(F)cc2)c1=O. The zero-order valence-corrected chi connectivity index (χ0v) is 23.4. The van der Waals surface area contributed by atoms with Gasteiger partial charge < -0.3 is 23.8 Å². The number of aromatic nitrogens is 1. The maximum atomic E-state index is 14.0. The van der Waals surface area contributed by atoms with Gasteiger partial charge in [-0.1, -0.05) is 23.8 Å². The van der Waals surface area contributed by atoms with E-state index in [9.17, 15) is 18.8 Å². The number of anilines is 1. The average molecular weight is 558 g/mol. The fourth-order valence-electron chi connectivity index (χ4n) is 5.25. The summed E-state index contributed by atoms with van der Waals surface area (Å²) in [6, 6.07) is 18.7. The van der Waals surface area contributed by atoms with Crippen molar-refractivity contribution < 1.29 is 23.5 Å². The summed E-state index contributed by atoms with van der Waals surface area (Å²) in [6.45, 7) is 5.62. The van der Waals surface area contributed by atoms with Crippen LogP contribution in [0.25, 0.3) is 10.9 Å². The van der Waals surface area contributed by atoms with Crippen molar-refractivity contribution in [1.82, 2.24) is 9.47 Å². The molecule has 0 aliphatic carbocycles. The Hall–Kier alpha value is -4.66. The van der Waals surface area contributed by atoms with E-state index in [1.807, 2.05) is 30.0 Å². The second-order valence-electron chi connectivity index (χ2n) is 9.99. The fraction of sp³-hybridized carbons (Fsp3) is 0.281. The molecule has 9 heteroatoms. The highest BCUT2D eigenvalue weighted by Gasteiger charge is 2.30. The number of carbonyl (C=O) groups excluding carboxylic acids is 2. The number of amides is 1. The van der Waals surface area contributed by atoms with E-state index in [0.29, 0.717) is 48.7 Å². The van der Waals surface area contributed by atoms with Crippen LogP contribution in [0, 0.1) is 12.7 Å². The average Bonchev–Trinajstić information content (AvgIpc) is 2.99. The highest BCUT2D eigenvalue weighted by Crippen LogP contribution is 2.32. The summed E-state index contributed by atoms with van der Waals surface area (Å²) in [5.41, 5.74) is 2.91. The van der Waals surface area contributed by atoms with Gasteiger partial charge in [-0.05, 0) is 67.9 Å². The number of pyridine rings is 1. The maximum Gasteiger partial charge on any atom is 0.345 e. The molecular weight excluding hydrogens is 525 g/mol. The largest absolute Gasteiger partial charge is 0.497 e. The first-order chi connectivity index (χ1) is 19.8. The topological polar surface area (TPSA) is 81.1 Å². The van der Waals surface area contributed by atoms with Gasteiger partial charge in [0.05, 0.1) is 31.5 Å². The Bertz CT molecular complexity index is 1640.